The molecule has 1 aliphatic rings. The molecule has 1 aromatic rings. The smallest absolute Gasteiger partial charge is 0.236 e. The fourth-order valence-corrected chi connectivity index (χ4v) is 2.54. The summed E-state index contributed by atoms with van der Waals surface area (Å²) in [5.41, 5.74) is 6.47. The van der Waals surface area contributed by atoms with Crippen molar-refractivity contribution < 1.29 is 19.4 Å². The largest absolute Gasteiger partial charge is 0.491 e. The van der Waals surface area contributed by atoms with Gasteiger partial charge in [-0.2, -0.15) is 0 Å². The molecule has 2 rings (SSSR count). The van der Waals surface area contributed by atoms with Crippen molar-refractivity contribution in [2.45, 2.75) is 38.4 Å². The summed E-state index contributed by atoms with van der Waals surface area (Å²) in [4.78, 5) is 25.8. The first-order chi connectivity index (χ1) is 11.5. The van der Waals surface area contributed by atoms with E-state index >= 15 is 0 Å². The Morgan fingerprint density at radius 2 is 2.17 bits per heavy atom. The Bertz CT molecular complexity index is 577. The van der Waals surface area contributed by atoms with Crippen molar-refractivity contribution in [2.75, 3.05) is 19.8 Å². The maximum absolute atomic E-state index is 12.5. The van der Waals surface area contributed by atoms with Crippen molar-refractivity contribution in [3.63, 3.8) is 0 Å². The molecule has 0 bridgehead atoms. The number of aliphatic hydroxyl groups is 1. The van der Waals surface area contributed by atoms with E-state index in [2.05, 4.69) is 5.32 Å². The van der Waals surface area contributed by atoms with Crippen LogP contribution in [0.1, 0.15) is 25.3 Å². The van der Waals surface area contributed by atoms with Gasteiger partial charge in [-0.1, -0.05) is 18.2 Å². The van der Waals surface area contributed by atoms with E-state index in [4.69, 9.17) is 10.5 Å². The van der Waals surface area contributed by atoms with Crippen molar-refractivity contribution in [2.24, 2.45) is 5.73 Å². The number of amides is 2. The van der Waals surface area contributed by atoms with Crippen LogP contribution in [-0.4, -0.2) is 53.7 Å². The van der Waals surface area contributed by atoms with Gasteiger partial charge in [0.2, 0.25) is 11.8 Å². The molecule has 0 aliphatic carbocycles. The molecular weight excluding hydrogens is 310 g/mol. The lowest BCUT2D eigenvalue weighted by molar-refractivity contribution is -0.132. The Morgan fingerprint density at radius 1 is 1.42 bits per heavy atom. The van der Waals surface area contributed by atoms with Crippen LogP contribution in [0.5, 0.6) is 5.75 Å². The molecule has 0 unspecified atom stereocenters. The van der Waals surface area contributed by atoms with Gasteiger partial charge in [-0.05, 0) is 19.4 Å². The Labute approximate surface area is 141 Å². The quantitative estimate of drug-likeness (QED) is 0.679. The van der Waals surface area contributed by atoms with Crippen LogP contribution in [0.25, 0.3) is 0 Å². The van der Waals surface area contributed by atoms with Gasteiger partial charge >= 0.3 is 0 Å². The maximum atomic E-state index is 12.5. The Kier molecular flexibility index (Phi) is 6.57. The van der Waals surface area contributed by atoms with Crippen LogP contribution in [0.3, 0.4) is 0 Å². The molecule has 7 nitrogen and oxygen atoms in total. The zero-order valence-electron chi connectivity index (χ0n) is 13.9. The van der Waals surface area contributed by atoms with Crippen LogP contribution in [0.15, 0.2) is 24.3 Å². The monoisotopic (exact) mass is 335 g/mol. The summed E-state index contributed by atoms with van der Waals surface area (Å²) in [6.45, 7) is 2.82. The molecule has 0 fully saturated rings. The van der Waals surface area contributed by atoms with E-state index in [1.54, 1.807) is 11.8 Å². The zero-order chi connectivity index (χ0) is 17.5. The van der Waals surface area contributed by atoms with E-state index in [0.29, 0.717) is 26.1 Å². The Balaban J connectivity index is 1.88. The van der Waals surface area contributed by atoms with Crippen LogP contribution >= 0.6 is 0 Å². The fourth-order valence-electron chi connectivity index (χ4n) is 2.54. The van der Waals surface area contributed by atoms with Gasteiger partial charge in [-0.25, -0.2) is 0 Å². The fraction of sp³-hybridized carbons (Fsp3) is 0.529. The van der Waals surface area contributed by atoms with Crippen molar-refractivity contribution in [3.8, 4) is 5.75 Å². The van der Waals surface area contributed by atoms with E-state index in [9.17, 15) is 14.7 Å². The molecule has 1 aliphatic heterocycles. The third-order valence-corrected chi connectivity index (χ3v) is 3.99. The number of hydrogen-bond acceptors (Lipinski definition) is 5. The van der Waals surface area contributed by atoms with Crippen LogP contribution in [0.4, 0.5) is 0 Å². The minimum Gasteiger partial charge on any atom is -0.491 e. The first-order valence-electron chi connectivity index (χ1n) is 8.16. The van der Waals surface area contributed by atoms with Gasteiger partial charge < -0.3 is 25.8 Å². The third kappa shape index (κ3) is 4.94. The highest BCUT2D eigenvalue weighted by Gasteiger charge is 2.21. The predicted molar refractivity (Wildman–Crippen MR) is 89.3 cm³/mol. The summed E-state index contributed by atoms with van der Waals surface area (Å²) in [7, 11) is 0. The number of nitrogens with one attached hydrogen (secondary N) is 1. The van der Waals surface area contributed by atoms with E-state index in [1.807, 2.05) is 24.3 Å². The normalized spacial score (nSPS) is 16.4. The summed E-state index contributed by atoms with van der Waals surface area (Å²) >= 11 is 0. The predicted octanol–water partition coefficient (Wildman–Crippen LogP) is 0.0121. The van der Waals surface area contributed by atoms with E-state index in [-0.39, 0.29) is 24.8 Å². The summed E-state index contributed by atoms with van der Waals surface area (Å²) < 4.78 is 5.65. The van der Waals surface area contributed by atoms with E-state index in [1.165, 1.54) is 0 Å². The van der Waals surface area contributed by atoms with Gasteiger partial charge in [0.05, 0.1) is 25.2 Å². The number of hydrogen-bond donors (Lipinski definition) is 3. The number of ether oxygens (including phenoxy) is 1. The summed E-state index contributed by atoms with van der Waals surface area (Å²) in [6, 6.07) is 6.55. The second-order valence-corrected chi connectivity index (χ2v) is 5.99. The van der Waals surface area contributed by atoms with Gasteiger partial charge in [0, 0.05) is 18.5 Å². The maximum Gasteiger partial charge on any atom is 0.236 e. The van der Waals surface area contributed by atoms with Crippen LogP contribution in [0, 0.1) is 0 Å². The van der Waals surface area contributed by atoms with Gasteiger partial charge in [0.1, 0.15) is 12.4 Å². The van der Waals surface area contributed by atoms with Gasteiger partial charge in [0.15, 0.2) is 0 Å². The molecule has 2 atom stereocenters. The highest BCUT2D eigenvalue weighted by atomic mass is 16.5. The van der Waals surface area contributed by atoms with Crippen LogP contribution in [-0.2, 0) is 16.1 Å². The first kappa shape index (κ1) is 18.2. The second kappa shape index (κ2) is 8.65. The second-order valence-electron chi connectivity index (χ2n) is 5.99. The molecule has 7 heteroatoms. The number of nitrogens with zero attached hydrogens (tertiary/aromatic N) is 1. The number of aliphatic hydroxyl groups excluding tert-OH is 1. The molecule has 0 saturated heterocycles. The third-order valence-electron chi connectivity index (χ3n) is 3.99. The molecule has 0 aromatic heterocycles. The summed E-state index contributed by atoms with van der Waals surface area (Å²) in [6.07, 6.45) is 0.611. The SMILES string of the molecule is C[C@H](N)C(=O)N[C@H](CO)CCC(=O)N1CCOc2ccccc2C1. The molecule has 4 N–H and O–H groups in total. The van der Waals surface area contributed by atoms with Crippen molar-refractivity contribution in [3.05, 3.63) is 29.8 Å². The van der Waals surface area contributed by atoms with E-state index < -0.39 is 12.1 Å². The number of nitrogens with two attached hydrogens (primary N) is 1. The molecule has 2 amide bonds. The van der Waals surface area contributed by atoms with E-state index in [0.717, 1.165) is 11.3 Å². The summed E-state index contributed by atoms with van der Waals surface area (Å²) in [5.74, 6) is 0.452. The van der Waals surface area contributed by atoms with Gasteiger partial charge in [-0.3, -0.25) is 9.59 Å². The number of benzene rings is 1. The van der Waals surface area contributed by atoms with Gasteiger partial charge in [0.25, 0.3) is 0 Å². The molecule has 0 saturated carbocycles. The first-order valence-corrected chi connectivity index (χ1v) is 8.16. The van der Waals surface area contributed by atoms with Crippen LogP contribution < -0.4 is 15.8 Å². The van der Waals surface area contributed by atoms with Gasteiger partial charge in [-0.15, -0.1) is 0 Å². The molecule has 0 radical (unpaired) electrons. The lowest BCUT2D eigenvalue weighted by Gasteiger charge is -2.22. The lowest BCUT2D eigenvalue weighted by Crippen LogP contribution is -2.46. The number of fused-ring (bicyclic) bond motifs is 1. The highest BCUT2D eigenvalue weighted by Crippen LogP contribution is 2.22. The Hall–Kier alpha value is -2.12. The van der Waals surface area contributed by atoms with Crippen molar-refractivity contribution >= 4 is 11.8 Å². The minimum atomic E-state index is -0.644. The number of para-hydroxylation sites is 1. The average molecular weight is 335 g/mol. The number of carbonyl (C=O) groups is 2. The highest BCUT2D eigenvalue weighted by molar-refractivity contribution is 5.81. The molecule has 132 valence electrons. The molecular formula is C17H25N3O4. The number of carbonyl (C=O) groups excluding carboxylic acids is 2. The van der Waals surface area contributed by atoms with Crippen molar-refractivity contribution in [1.82, 2.24) is 10.2 Å². The Morgan fingerprint density at radius 3 is 2.88 bits per heavy atom. The zero-order valence-corrected chi connectivity index (χ0v) is 13.9. The lowest BCUT2D eigenvalue weighted by atomic mass is 10.1. The standard InChI is InChI=1S/C17H25N3O4/c1-12(18)17(23)19-14(11-21)6-7-16(22)20-8-9-24-15-5-3-2-4-13(15)10-20/h2-5,12,14,21H,6-11,18H2,1H3,(H,19,23)/t12-,14-/m0/s1. The van der Waals surface area contributed by atoms with Crippen LogP contribution in [0.2, 0.25) is 0 Å². The summed E-state index contributed by atoms with van der Waals surface area (Å²) in [5, 5.41) is 12.0. The molecule has 24 heavy (non-hydrogen) atoms. The molecule has 1 aromatic carbocycles. The van der Waals surface area contributed by atoms with Crippen molar-refractivity contribution in [1.29, 1.82) is 0 Å². The minimum absolute atomic E-state index is 0.0243. The average Bonchev–Trinajstić information content (AvgIpc) is 2.80. The molecule has 1 heterocycles. The molecule has 0 spiro atoms. The number of rotatable bonds is 6. The topological polar surface area (TPSA) is 105 Å².